The fourth-order valence-electron chi connectivity index (χ4n) is 2.65. The van der Waals surface area contributed by atoms with Crippen LogP contribution in [0.15, 0.2) is 58.1 Å². The molecule has 3 rings (SSSR count). The van der Waals surface area contributed by atoms with E-state index in [1.165, 1.54) is 5.39 Å². The zero-order chi connectivity index (χ0) is 17.7. The predicted molar refractivity (Wildman–Crippen MR) is 115 cm³/mol. The number of fused-ring (bicyclic) bond motifs is 1. The maximum absolute atomic E-state index is 10.5. The van der Waals surface area contributed by atoms with Crippen LogP contribution in [0.1, 0.15) is 25.3 Å². The zero-order valence-corrected chi connectivity index (χ0v) is 17.3. The minimum Gasteiger partial charge on any atom is -0.466 e. The summed E-state index contributed by atoms with van der Waals surface area (Å²) in [5.41, 5.74) is 1.03. The van der Waals surface area contributed by atoms with Crippen molar-refractivity contribution in [2.45, 2.75) is 26.0 Å². The summed E-state index contributed by atoms with van der Waals surface area (Å²) in [5, 5.41) is 18.1. The molecule has 0 aliphatic heterocycles. The van der Waals surface area contributed by atoms with Gasteiger partial charge in [0, 0.05) is 17.8 Å². The molecule has 0 aliphatic carbocycles. The molecule has 1 atom stereocenters. The summed E-state index contributed by atoms with van der Waals surface area (Å²) < 4.78 is 5.30. The van der Waals surface area contributed by atoms with Crippen molar-refractivity contribution in [3.05, 3.63) is 60.2 Å². The van der Waals surface area contributed by atoms with Crippen LogP contribution in [-0.4, -0.2) is 29.1 Å². The lowest BCUT2D eigenvalue weighted by molar-refractivity contribution is 0.0386. The van der Waals surface area contributed by atoms with Gasteiger partial charge in [0.15, 0.2) is 5.96 Å². The van der Waals surface area contributed by atoms with E-state index in [1.54, 1.807) is 25.3 Å². The van der Waals surface area contributed by atoms with Gasteiger partial charge in [0.25, 0.3) is 0 Å². The third-order valence-electron chi connectivity index (χ3n) is 3.99. The van der Waals surface area contributed by atoms with E-state index in [0.717, 1.165) is 17.8 Å². The van der Waals surface area contributed by atoms with Crippen molar-refractivity contribution in [1.29, 1.82) is 0 Å². The zero-order valence-electron chi connectivity index (χ0n) is 15.0. The lowest BCUT2D eigenvalue weighted by Crippen LogP contribution is -2.44. The van der Waals surface area contributed by atoms with Gasteiger partial charge in [-0.2, -0.15) is 0 Å². The molecule has 1 aromatic carbocycles. The van der Waals surface area contributed by atoms with Crippen LogP contribution in [-0.2, 0) is 12.1 Å². The van der Waals surface area contributed by atoms with E-state index in [2.05, 4.69) is 32.7 Å². The van der Waals surface area contributed by atoms with Crippen molar-refractivity contribution in [2.24, 2.45) is 4.99 Å². The largest absolute Gasteiger partial charge is 0.466 e. The number of benzene rings is 1. The van der Waals surface area contributed by atoms with Gasteiger partial charge in [-0.05, 0) is 43.5 Å². The lowest BCUT2D eigenvalue weighted by atomic mass is 10.0. The number of nitrogens with one attached hydrogen (secondary N) is 3. The SMILES string of the molecule is CCNC(=NCc1cc2ccccc2[nH]1)NCC(C)(O)c1ccco1.I. The van der Waals surface area contributed by atoms with E-state index >= 15 is 0 Å². The maximum atomic E-state index is 10.5. The van der Waals surface area contributed by atoms with Gasteiger partial charge in [-0.25, -0.2) is 4.99 Å². The Hall–Kier alpha value is -2.00. The molecule has 6 nitrogen and oxygen atoms in total. The Morgan fingerprint density at radius 1 is 1.23 bits per heavy atom. The number of aliphatic hydroxyl groups is 1. The third kappa shape index (κ3) is 5.01. The van der Waals surface area contributed by atoms with E-state index in [9.17, 15) is 5.11 Å². The minimum atomic E-state index is -1.11. The second-order valence-corrected chi connectivity index (χ2v) is 6.18. The number of hydrogen-bond acceptors (Lipinski definition) is 3. The van der Waals surface area contributed by atoms with Crippen LogP contribution in [0.5, 0.6) is 0 Å². The highest BCUT2D eigenvalue weighted by atomic mass is 127. The topological polar surface area (TPSA) is 85.6 Å². The van der Waals surface area contributed by atoms with Crippen molar-refractivity contribution >= 4 is 40.8 Å². The van der Waals surface area contributed by atoms with Crippen molar-refractivity contribution in [3.63, 3.8) is 0 Å². The lowest BCUT2D eigenvalue weighted by Gasteiger charge is -2.22. The van der Waals surface area contributed by atoms with Gasteiger partial charge in [0.05, 0.1) is 19.4 Å². The normalized spacial score (nSPS) is 13.9. The molecule has 0 bridgehead atoms. The van der Waals surface area contributed by atoms with Gasteiger partial charge in [0.1, 0.15) is 11.4 Å². The van der Waals surface area contributed by atoms with Crippen LogP contribution in [0.25, 0.3) is 10.9 Å². The average Bonchev–Trinajstić information content (AvgIpc) is 3.26. The third-order valence-corrected chi connectivity index (χ3v) is 3.99. The standard InChI is InChI=1S/C19H24N4O2.HI/c1-3-20-18(22-13-19(2,24)17-9-6-10-25-17)21-12-15-11-14-7-4-5-8-16(14)23-15;/h4-11,23-24H,3,12-13H2,1-2H3,(H2,20,21,22);1H. The molecule has 7 heteroatoms. The maximum Gasteiger partial charge on any atom is 0.191 e. The van der Waals surface area contributed by atoms with Crippen LogP contribution in [0, 0.1) is 0 Å². The number of H-pyrrole nitrogens is 1. The molecule has 0 spiro atoms. The van der Waals surface area contributed by atoms with Crippen molar-refractivity contribution in [2.75, 3.05) is 13.1 Å². The molecule has 0 amide bonds. The number of halogens is 1. The Morgan fingerprint density at radius 2 is 2.04 bits per heavy atom. The molecule has 1 unspecified atom stereocenters. The first-order chi connectivity index (χ1) is 12.1. The number of aliphatic imine (C=N–C) groups is 1. The van der Waals surface area contributed by atoms with Gasteiger partial charge < -0.3 is 25.1 Å². The summed E-state index contributed by atoms with van der Waals surface area (Å²) >= 11 is 0. The molecule has 3 aromatic rings. The number of aromatic nitrogens is 1. The summed E-state index contributed by atoms with van der Waals surface area (Å²) in [4.78, 5) is 7.95. The van der Waals surface area contributed by atoms with Crippen LogP contribution in [0.3, 0.4) is 0 Å². The Bertz CT molecular complexity index is 807. The fourth-order valence-corrected chi connectivity index (χ4v) is 2.65. The second-order valence-electron chi connectivity index (χ2n) is 6.18. The molecule has 140 valence electrons. The first kappa shape index (κ1) is 20.3. The van der Waals surface area contributed by atoms with Crippen molar-refractivity contribution in [3.8, 4) is 0 Å². The predicted octanol–water partition coefficient (Wildman–Crippen LogP) is 3.34. The molecule has 4 N–H and O–H groups in total. The van der Waals surface area contributed by atoms with Gasteiger partial charge in [-0.1, -0.05) is 18.2 Å². The number of furan rings is 1. The van der Waals surface area contributed by atoms with E-state index < -0.39 is 5.60 Å². The van der Waals surface area contributed by atoms with Crippen LogP contribution >= 0.6 is 24.0 Å². The van der Waals surface area contributed by atoms with Crippen molar-refractivity contribution < 1.29 is 9.52 Å². The first-order valence-corrected chi connectivity index (χ1v) is 8.43. The highest BCUT2D eigenvalue weighted by Gasteiger charge is 2.26. The fraction of sp³-hybridized carbons (Fsp3) is 0.316. The number of para-hydroxylation sites is 1. The summed E-state index contributed by atoms with van der Waals surface area (Å²) in [7, 11) is 0. The molecular formula is C19H25IN4O2. The average molecular weight is 468 g/mol. The quantitative estimate of drug-likeness (QED) is 0.254. The molecule has 26 heavy (non-hydrogen) atoms. The molecule has 0 radical (unpaired) electrons. The number of nitrogens with zero attached hydrogens (tertiary/aromatic N) is 1. The van der Waals surface area contributed by atoms with E-state index in [-0.39, 0.29) is 24.0 Å². The summed E-state index contributed by atoms with van der Waals surface area (Å²) in [6.07, 6.45) is 1.55. The first-order valence-electron chi connectivity index (χ1n) is 8.43. The molecular weight excluding hydrogens is 443 g/mol. The molecule has 2 aromatic heterocycles. The van der Waals surface area contributed by atoms with E-state index in [0.29, 0.717) is 24.8 Å². The van der Waals surface area contributed by atoms with E-state index in [1.807, 2.05) is 25.1 Å². The summed E-state index contributed by atoms with van der Waals surface area (Å²) in [6.45, 7) is 5.26. The molecule has 0 aliphatic rings. The highest BCUT2D eigenvalue weighted by Crippen LogP contribution is 2.19. The molecule has 0 saturated carbocycles. The van der Waals surface area contributed by atoms with Gasteiger partial charge in [-0.3, -0.25) is 0 Å². The Labute approximate surface area is 170 Å². The Morgan fingerprint density at radius 3 is 2.73 bits per heavy atom. The van der Waals surface area contributed by atoms with Gasteiger partial charge in [-0.15, -0.1) is 24.0 Å². The minimum absolute atomic E-state index is 0. The number of aromatic amines is 1. The summed E-state index contributed by atoms with van der Waals surface area (Å²) in [5.74, 6) is 1.17. The second kappa shape index (κ2) is 9.09. The van der Waals surface area contributed by atoms with Gasteiger partial charge >= 0.3 is 0 Å². The highest BCUT2D eigenvalue weighted by molar-refractivity contribution is 14.0. The summed E-state index contributed by atoms with van der Waals surface area (Å²) in [6, 6.07) is 13.8. The van der Waals surface area contributed by atoms with E-state index in [4.69, 9.17) is 4.42 Å². The molecule has 0 saturated heterocycles. The smallest absolute Gasteiger partial charge is 0.191 e. The Kier molecular flexibility index (Phi) is 7.10. The van der Waals surface area contributed by atoms with Crippen LogP contribution in [0.2, 0.25) is 0 Å². The molecule has 0 fully saturated rings. The Balaban J connectivity index is 0.00000243. The number of hydrogen-bond donors (Lipinski definition) is 4. The van der Waals surface area contributed by atoms with Crippen molar-refractivity contribution in [1.82, 2.24) is 15.6 Å². The van der Waals surface area contributed by atoms with Crippen LogP contribution in [0.4, 0.5) is 0 Å². The number of guanidine groups is 1. The van der Waals surface area contributed by atoms with Crippen LogP contribution < -0.4 is 10.6 Å². The molecule has 2 heterocycles. The monoisotopic (exact) mass is 468 g/mol. The van der Waals surface area contributed by atoms with Gasteiger partial charge in [0.2, 0.25) is 0 Å². The number of rotatable bonds is 6.